The first-order valence-corrected chi connectivity index (χ1v) is 14.3. The lowest BCUT2D eigenvalue weighted by molar-refractivity contribution is 0.414. The summed E-state index contributed by atoms with van der Waals surface area (Å²) in [5.41, 5.74) is 15.2. The van der Waals surface area contributed by atoms with E-state index in [9.17, 15) is 0 Å². The number of benzene rings is 6. The number of fused-ring (bicyclic) bond motifs is 9. The Hall–Kier alpha value is -5.41. The van der Waals surface area contributed by atoms with E-state index in [2.05, 4.69) is 138 Å². The Labute approximate surface area is 244 Å². The van der Waals surface area contributed by atoms with Gasteiger partial charge >= 0.3 is 0 Å². The van der Waals surface area contributed by atoms with Crippen LogP contribution in [-0.2, 0) is 5.41 Å². The van der Waals surface area contributed by atoms with E-state index >= 15 is 0 Å². The van der Waals surface area contributed by atoms with Gasteiger partial charge in [-0.25, -0.2) is 4.98 Å². The minimum absolute atomic E-state index is 0.583. The molecule has 0 radical (unpaired) electrons. The highest BCUT2D eigenvalue weighted by atomic mass is 16.5. The second-order valence-corrected chi connectivity index (χ2v) is 11.1. The number of aromatic nitrogens is 2. The van der Waals surface area contributed by atoms with E-state index in [1.807, 2.05) is 6.33 Å². The highest BCUT2D eigenvalue weighted by Crippen LogP contribution is 2.64. The maximum Gasteiger partial charge on any atom is 0.120 e. The second-order valence-electron chi connectivity index (χ2n) is 11.1. The van der Waals surface area contributed by atoms with E-state index in [4.69, 9.17) is 9.72 Å². The molecular weight excluding hydrogens is 512 g/mol. The van der Waals surface area contributed by atoms with Gasteiger partial charge in [0.05, 0.1) is 29.2 Å². The predicted octanol–water partition coefficient (Wildman–Crippen LogP) is 9.04. The fraction of sp³-hybridized carbons (Fsp3) is 0.0513. The Balaban J connectivity index is 1.55. The van der Waals surface area contributed by atoms with Crippen LogP contribution >= 0.6 is 0 Å². The first-order chi connectivity index (χ1) is 20.8. The normalized spacial score (nSPS) is 13.5. The van der Waals surface area contributed by atoms with Crippen molar-refractivity contribution >= 4 is 11.0 Å². The molecule has 7 aromatic rings. The van der Waals surface area contributed by atoms with E-state index in [0.717, 1.165) is 22.5 Å². The third kappa shape index (κ3) is 2.87. The predicted molar refractivity (Wildman–Crippen MR) is 169 cm³/mol. The summed E-state index contributed by atoms with van der Waals surface area (Å²) in [4.78, 5) is 4.89. The number of para-hydroxylation sites is 1. The van der Waals surface area contributed by atoms with E-state index in [1.165, 1.54) is 55.6 Å². The Morgan fingerprint density at radius 2 is 1.17 bits per heavy atom. The number of ether oxygens (including phenoxy) is 1. The maximum absolute atomic E-state index is 5.78. The molecule has 0 fully saturated rings. The molecule has 1 aliphatic heterocycles. The van der Waals surface area contributed by atoms with E-state index in [1.54, 1.807) is 7.11 Å². The molecule has 0 unspecified atom stereocenters. The van der Waals surface area contributed by atoms with Crippen molar-refractivity contribution in [2.75, 3.05) is 7.11 Å². The van der Waals surface area contributed by atoms with Crippen molar-refractivity contribution in [1.29, 1.82) is 0 Å². The summed E-state index contributed by atoms with van der Waals surface area (Å²) in [5.74, 6) is 0.830. The van der Waals surface area contributed by atoms with Crippen LogP contribution in [-0.4, -0.2) is 16.7 Å². The largest absolute Gasteiger partial charge is 0.497 e. The standard InChI is InChI=1S/C39H26N2O/c1-42-27-21-22-32-35(23-27)41-24-40-34-20-10-19-33(38(34)41)39(32)36-28(25-11-4-2-5-12-25)15-8-17-30(36)31-18-9-16-29(37(31)39)26-13-6-3-7-14-26/h2-24H,1H3. The molecule has 0 amide bonds. The van der Waals surface area contributed by atoms with Gasteiger partial charge < -0.3 is 4.74 Å². The zero-order valence-corrected chi connectivity index (χ0v) is 23.1. The van der Waals surface area contributed by atoms with Crippen LogP contribution in [0.1, 0.15) is 22.3 Å². The maximum atomic E-state index is 5.78. The van der Waals surface area contributed by atoms with E-state index in [-0.39, 0.29) is 0 Å². The summed E-state index contributed by atoms with van der Waals surface area (Å²) in [7, 11) is 1.74. The summed E-state index contributed by atoms with van der Waals surface area (Å²) >= 11 is 0. The first kappa shape index (κ1) is 23.3. The van der Waals surface area contributed by atoms with Gasteiger partial charge in [0.1, 0.15) is 12.1 Å². The Morgan fingerprint density at radius 1 is 0.571 bits per heavy atom. The summed E-state index contributed by atoms with van der Waals surface area (Å²) < 4.78 is 8.03. The van der Waals surface area contributed by atoms with Gasteiger partial charge in [0, 0.05) is 6.07 Å². The van der Waals surface area contributed by atoms with Crippen molar-refractivity contribution in [3.63, 3.8) is 0 Å². The van der Waals surface area contributed by atoms with Crippen LogP contribution < -0.4 is 4.74 Å². The highest BCUT2D eigenvalue weighted by Gasteiger charge is 2.53. The molecule has 9 rings (SSSR count). The Bertz CT molecular complexity index is 2090. The minimum atomic E-state index is -0.583. The van der Waals surface area contributed by atoms with Gasteiger partial charge in [-0.1, -0.05) is 115 Å². The number of nitrogens with zero attached hydrogens (tertiary/aromatic N) is 2. The van der Waals surface area contributed by atoms with Crippen molar-refractivity contribution in [3.8, 4) is 44.8 Å². The Morgan fingerprint density at radius 3 is 1.79 bits per heavy atom. The van der Waals surface area contributed by atoms with Crippen LogP contribution in [0.3, 0.4) is 0 Å². The van der Waals surface area contributed by atoms with Gasteiger partial charge in [0.25, 0.3) is 0 Å². The van der Waals surface area contributed by atoms with Crippen molar-refractivity contribution in [2.24, 2.45) is 0 Å². The summed E-state index contributed by atoms with van der Waals surface area (Å²) in [6, 6.07) is 48.4. The smallest absolute Gasteiger partial charge is 0.120 e. The third-order valence-electron chi connectivity index (χ3n) is 9.18. The number of rotatable bonds is 3. The molecule has 2 heterocycles. The lowest BCUT2D eigenvalue weighted by Crippen LogP contribution is -2.34. The summed E-state index contributed by atoms with van der Waals surface area (Å²) in [6.45, 7) is 0. The van der Waals surface area contributed by atoms with Crippen molar-refractivity contribution in [2.45, 2.75) is 5.41 Å². The molecular formula is C39H26N2O. The zero-order valence-electron chi connectivity index (χ0n) is 23.1. The SMILES string of the molecule is COc1ccc2c(c1)-n1cnc3cccc(c31)C21c2c(-c3ccccc3)cccc2-c2cccc(-c3ccccc3)c21. The fourth-order valence-corrected chi connectivity index (χ4v) is 7.59. The Kier molecular flexibility index (Phi) is 4.74. The van der Waals surface area contributed by atoms with Gasteiger partial charge in [-0.05, 0) is 67.8 Å². The molecule has 0 saturated heterocycles. The molecule has 1 aliphatic carbocycles. The molecule has 0 N–H and O–H groups in total. The van der Waals surface area contributed by atoms with Crippen LogP contribution in [0.25, 0.3) is 50.1 Å². The highest BCUT2D eigenvalue weighted by molar-refractivity contribution is 6.01. The van der Waals surface area contributed by atoms with Crippen molar-refractivity contribution in [1.82, 2.24) is 9.55 Å². The molecule has 3 nitrogen and oxygen atoms in total. The summed E-state index contributed by atoms with van der Waals surface area (Å²) in [5, 5.41) is 0. The van der Waals surface area contributed by atoms with Crippen molar-refractivity contribution < 1.29 is 4.74 Å². The molecule has 0 bridgehead atoms. The van der Waals surface area contributed by atoms with Crippen LogP contribution in [0, 0.1) is 0 Å². The quantitative estimate of drug-likeness (QED) is 0.224. The van der Waals surface area contributed by atoms with Crippen LogP contribution in [0.15, 0.2) is 140 Å². The van der Waals surface area contributed by atoms with Gasteiger partial charge in [-0.3, -0.25) is 4.57 Å². The van der Waals surface area contributed by atoms with Crippen LogP contribution in [0.5, 0.6) is 5.75 Å². The molecule has 6 aromatic carbocycles. The van der Waals surface area contributed by atoms with Crippen molar-refractivity contribution in [3.05, 3.63) is 162 Å². The van der Waals surface area contributed by atoms with E-state index in [0.29, 0.717) is 0 Å². The van der Waals surface area contributed by atoms with Gasteiger partial charge in [0.2, 0.25) is 0 Å². The monoisotopic (exact) mass is 538 g/mol. The number of hydrogen-bond donors (Lipinski definition) is 0. The molecule has 198 valence electrons. The number of imidazole rings is 1. The molecule has 1 spiro atoms. The molecule has 2 aliphatic rings. The second kappa shape index (κ2) is 8.55. The molecule has 0 atom stereocenters. The topological polar surface area (TPSA) is 27.1 Å². The molecule has 42 heavy (non-hydrogen) atoms. The lowest BCUT2D eigenvalue weighted by Gasteiger charge is -2.41. The van der Waals surface area contributed by atoms with E-state index < -0.39 is 5.41 Å². The first-order valence-electron chi connectivity index (χ1n) is 14.3. The number of hydrogen-bond acceptors (Lipinski definition) is 2. The molecule has 1 aromatic heterocycles. The van der Waals surface area contributed by atoms with Gasteiger partial charge in [-0.2, -0.15) is 0 Å². The van der Waals surface area contributed by atoms with Gasteiger partial charge in [-0.15, -0.1) is 0 Å². The zero-order chi connectivity index (χ0) is 27.8. The third-order valence-corrected chi connectivity index (χ3v) is 9.18. The average Bonchev–Trinajstić information content (AvgIpc) is 3.63. The lowest BCUT2D eigenvalue weighted by atomic mass is 9.63. The fourth-order valence-electron chi connectivity index (χ4n) is 7.59. The number of methoxy groups -OCH3 is 1. The van der Waals surface area contributed by atoms with Gasteiger partial charge in [0.15, 0.2) is 0 Å². The molecule has 3 heteroatoms. The average molecular weight is 539 g/mol. The van der Waals surface area contributed by atoms with Crippen LogP contribution in [0.4, 0.5) is 0 Å². The minimum Gasteiger partial charge on any atom is -0.497 e. The molecule has 0 saturated carbocycles. The summed E-state index contributed by atoms with van der Waals surface area (Å²) in [6.07, 6.45) is 1.96. The van der Waals surface area contributed by atoms with Crippen LogP contribution in [0.2, 0.25) is 0 Å².